The molecule has 0 spiro atoms. The predicted octanol–water partition coefficient (Wildman–Crippen LogP) is 2.51. The minimum absolute atomic E-state index is 0.00676. The molecule has 2 N–H and O–H groups in total. The van der Waals surface area contributed by atoms with Gasteiger partial charge in [-0.15, -0.1) is 0 Å². The molecule has 2 atom stereocenters. The maximum absolute atomic E-state index is 12.8. The molecule has 0 aliphatic carbocycles. The van der Waals surface area contributed by atoms with Crippen LogP contribution in [0.15, 0.2) is 18.2 Å². The topological polar surface area (TPSA) is 32.3 Å². The quantitative estimate of drug-likeness (QED) is 0.835. The van der Waals surface area contributed by atoms with Gasteiger partial charge in [0.2, 0.25) is 0 Å². The van der Waals surface area contributed by atoms with E-state index in [0.717, 1.165) is 5.56 Å². The van der Waals surface area contributed by atoms with Crippen molar-refractivity contribution in [3.63, 3.8) is 0 Å². The van der Waals surface area contributed by atoms with Crippen LogP contribution in [0.4, 0.5) is 4.39 Å². The fraction of sp³-hybridized carbons (Fsp3) is 0.455. The van der Waals surface area contributed by atoms with Gasteiger partial charge in [0.25, 0.3) is 0 Å². The zero-order chi connectivity index (χ0) is 11.4. The van der Waals surface area contributed by atoms with Crippen molar-refractivity contribution in [1.82, 2.24) is 5.32 Å². The van der Waals surface area contributed by atoms with Gasteiger partial charge in [-0.05, 0) is 31.5 Å². The summed E-state index contributed by atoms with van der Waals surface area (Å²) in [6, 6.07) is 4.31. The fourth-order valence-corrected chi connectivity index (χ4v) is 1.64. The highest BCUT2D eigenvalue weighted by Crippen LogP contribution is 2.23. The SMILES string of the molecule is CC(O)CNC(C)c1ccc(F)cc1Cl. The Kier molecular flexibility index (Phi) is 4.51. The molecule has 0 saturated heterocycles. The van der Waals surface area contributed by atoms with Crippen molar-refractivity contribution < 1.29 is 9.50 Å². The van der Waals surface area contributed by atoms with Gasteiger partial charge in [0.05, 0.1) is 6.10 Å². The van der Waals surface area contributed by atoms with Crippen LogP contribution >= 0.6 is 11.6 Å². The third kappa shape index (κ3) is 3.78. The molecule has 0 amide bonds. The fourth-order valence-electron chi connectivity index (χ4n) is 1.31. The van der Waals surface area contributed by atoms with Gasteiger partial charge in [-0.3, -0.25) is 0 Å². The molecule has 0 aliphatic rings. The highest BCUT2D eigenvalue weighted by Gasteiger charge is 2.10. The first kappa shape index (κ1) is 12.4. The Balaban J connectivity index is 2.69. The molecular formula is C11H15ClFNO. The van der Waals surface area contributed by atoms with E-state index in [0.29, 0.717) is 11.6 Å². The smallest absolute Gasteiger partial charge is 0.124 e. The van der Waals surface area contributed by atoms with Crippen molar-refractivity contribution in [2.75, 3.05) is 6.54 Å². The molecule has 1 rings (SSSR count). The van der Waals surface area contributed by atoms with Gasteiger partial charge in [0.15, 0.2) is 0 Å². The lowest BCUT2D eigenvalue weighted by Gasteiger charge is -2.16. The summed E-state index contributed by atoms with van der Waals surface area (Å²) in [5.74, 6) is -0.341. The average molecular weight is 232 g/mol. The second-order valence-electron chi connectivity index (χ2n) is 3.64. The predicted molar refractivity (Wildman–Crippen MR) is 59.5 cm³/mol. The molecule has 0 aliphatic heterocycles. The van der Waals surface area contributed by atoms with Crippen molar-refractivity contribution in [2.45, 2.75) is 26.0 Å². The Labute approximate surface area is 94.1 Å². The molecule has 0 aromatic heterocycles. The first-order valence-corrected chi connectivity index (χ1v) is 5.25. The van der Waals surface area contributed by atoms with E-state index in [1.807, 2.05) is 6.92 Å². The lowest BCUT2D eigenvalue weighted by Crippen LogP contribution is -2.27. The number of halogens is 2. The van der Waals surface area contributed by atoms with E-state index in [1.54, 1.807) is 13.0 Å². The van der Waals surface area contributed by atoms with E-state index in [4.69, 9.17) is 16.7 Å². The molecule has 0 radical (unpaired) electrons. The van der Waals surface area contributed by atoms with Gasteiger partial charge in [0.1, 0.15) is 5.82 Å². The van der Waals surface area contributed by atoms with Gasteiger partial charge in [0, 0.05) is 17.6 Å². The minimum Gasteiger partial charge on any atom is -0.392 e. The number of nitrogens with one attached hydrogen (secondary N) is 1. The Morgan fingerprint density at radius 3 is 2.67 bits per heavy atom. The number of rotatable bonds is 4. The second-order valence-corrected chi connectivity index (χ2v) is 4.05. The lowest BCUT2D eigenvalue weighted by atomic mass is 10.1. The molecule has 15 heavy (non-hydrogen) atoms. The van der Waals surface area contributed by atoms with Crippen LogP contribution in [0.1, 0.15) is 25.5 Å². The number of benzene rings is 1. The summed E-state index contributed by atoms with van der Waals surface area (Å²) in [4.78, 5) is 0. The summed E-state index contributed by atoms with van der Waals surface area (Å²) < 4.78 is 12.8. The maximum Gasteiger partial charge on any atom is 0.124 e. The van der Waals surface area contributed by atoms with E-state index in [-0.39, 0.29) is 11.9 Å². The average Bonchev–Trinajstić information content (AvgIpc) is 2.14. The normalized spacial score (nSPS) is 15.0. The third-order valence-electron chi connectivity index (χ3n) is 2.15. The van der Waals surface area contributed by atoms with Crippen LogP contribution in [-0.4, -0.2) is 17.8 Å². The van der Waals surface area contributed by atoms with E-state index >= 15 is 0 Å². The molecule has 0 fully saturated rings. The van der Waals surface area contributed by atoms with E-state index in [2.05, 4.69) is 5.32 Å². The van der Waals surface area contributed by atoms with Gasteiger partial charge in [-0.25, -0.2) is 4.39 Å². The molecule has 2 unspecified atom stereocenters. The summed E-state index contributed by atoms with van der Waals surface area (Å²) >= 11 is 5.90. The molecule has 2 nitrogen and oxygen atoms in total. The zero-order valence-corrected chi connectivity index (χ0v) is 9.55. The van der Waals surface area contributed by atoms with Gasteiger partial charge < -0.3 is 10.4 Å². The standard InChI is InChI=1S/C11H15ClFNO/c1-7(15)6-14-8(2)10-4-3-9(13)5-11(10)12/h3-5,7-8,14-15H,6H2,1-2H3. The molecule has 0 saturated carbocycles. The van der Waals surface area contributed by atoms with Crippen LogP contribution < -0.4 is 5.32 Å². The second kappa shape index (κ2) is 5.45. The highest BCUT2D eigenvalue weighted by atomic mass is 35.5. The number of hydrogen-bond acceptors (Lipinski definition) is 2. The Hall–Kier alpha value is -0.640. The van der Waals surface area contributed by atoms with Crippen LogP contribution in [0.5, 0.6) is 0 Å². The Morgan fingerprint density at radius 2 is 2.13 bits per heavy atom. The van der Waals surface area contributed by atoms with Gasteiger partial charge >= 0.3 is 0 Å². The first-order valence-electron chi connectivity index (χ1n) is 4.87. The van der Waals surface area contributed by atoms with E-state index in [9.17, 15) is 4.39 Å². The first-order chi connectivity index (χ1) is 7.00. The zero-order valence-electron chi connectivity index (χ0n) is 8.80. The number of aliphatic hydroxyl groups is 1. The largest absolute Gasteiger partial charge is 0.392 e. The van der Waals surface area contributed by atoms with Crippen molar-refractivity contribution in [2.24, 2.45) is 0 Å². The molecular weight excluding hydrogens is 217 g/mol. The van der Waals surface area contributed by atoms with Crippen molar-refractivity contribution in [3.05, 3.63) is 34.6 Å². The van der Waals surface area contributed by atoms with E-state index in [1.165, 1.54) is 12.1 Å². The highest BCUT2D eigenvalue weighted by molar-refractivity contribution is 6.31. The van der Waals surface area contributed by atoms with Crippen LogP contribution in [0.25, 0.3) is 0 Å². The summed E-state index contributed by atoms with van der Waals surface area (Å²) in [7, 11) is 0. The molecule has 84 valence electrons. The maximum atomic E-state index is 12.8. The third-order valence-corrected chi connectivity index (χ3v) is 2.48. The van der Waals surface area contributed by atoms with Crippen LogP contribution in [-0.2, 0) is 0 Å². The summed E-state index contributed by atoms with van der Waals surface area (Å²) in [5, 5.41) is 12.6. The summed E-state index contributed by atoms with van der Waals surface area (Å²) in [5.41, 5.74) is 0.832. The Bertz CT molecular complexity index is 330. The Morgan fingerprint density at radius 1 is 1.47 bits per heavy atom. The van der Waals surface area contributed by atoms with Crippen molar-refractivity contribution in [1.29, 1.82) is 0 Å². The monoisotopic (exact) mass is 231 g/mol. The summed E-state index contributed by atoms with van der Waals surface area (Å²) in [6.45, 7) is 4.10. The molecule has 0 bridgehead atoms. The number of hydrogen-bond donors (Lipinski definition) is 2. The molecule has 1 aromatic rings. The molecule has 4 heteroatoms. The van der Waals surface area contributed by atoms with E-state index < -0.39 is 6.10 Å². The van der Waals surface area contributed by atoms with Crippen molar-refractivity contribution >= 4 is 11.6 Å². The minimum atomic E-state index is -0.410. The van der Waals surface area contributed by atoms with Crippen LogP contribution in [0, 0.1) is 5.82 Å². The van der Waals surface area contributed by atoms with Crippen LogP contribution in [0.2, 0.25) is 5.02 Å². The van der Waals surface area contributed by atoms with Gasteiger partial charge in [-0.2, -0.15) is 0 Å². The van der Waals surface area contributed by atoms with Crippen molar-refractivity contribution in [3.8, 4) is 0 Å². The molecule has 1 aromatic carbocycles. The molecule has 0 heterocycles. The lowest BCUT2D eigenvalue weighted by molar-refractivity contribution is 0.187. The summed E-state index contributed by atoms with van der Waals surface area (Å²) in [6.07, 6.45) is -0.410. The number of aliphatic hydroxyl groups excluding tert-OH is 1. The van der Waals surface area contributed by atoms with Crippen LogP contribution in [0.3, 0.4) is 0 Å². The van der Waals surface area contributed by atoms with Gasteiger partial charge in [-0.1, -0.05) is 17.7 Å².